The van der Waals surface area contributed by atoms with E-state index in [2.05, 4.69) is 0 Å². The van der Waals surface area contributed by atoms with E-state index in [0.717, 1.165) is 6.08 Å². The Hall–Kier alpha value is -2.54. The van der Waals surface area contributed by atoms with E-state index in [1.807, 2.05) is 0 Å². The fraction of sp³-hybridized carbons (Fsp3) is 0.545. The summed E-state index contributed by atoms with van der Waals surface area (Å²) in [5.74, 6) is -1.74. The maximum atomic E-state index is 12.0. The van der Waals surface area contributed by atoms with Gasteiger partial charge in [-0.15, -0.1) is 0 Å². The van der Waals surface area contributed by atoms with Crippen molar-refractivity contribution in [3.63, 3.8) is 0 Å². The van der Waals surface area contributed by atoms with E-state index in [4.69, 9.17) is 18.9 Å². The molecular formula is C22H28O11. The Bertz CT molecular complexity index is 854. The average Bonchev–Trinajstić information content (AvgIpc) is 3.15. The summed E-state index contributed by atoms with van der Waals surface area (Å²) in [6.45, 7) is 0.884. The number of hydrogen-bond donors (Lipinski definition) is 5. The predicted molar refractivity (Wildman–Crippen MR) is 110 cm³/mol. The molecular weight excluding hydrogens is 440 g/mol. The van der Waals surface area contributed by atoms with Crippen LogP contribution in [-0.2, 0) is 28.5 Å². The van der Waals surface area contributed by atoms with E-state index >= 15 is 0 Å². The van der Waals surface area contributed by atoms with Crippen LogP contribution in [0, 0.1) is 5.92 Å². The standard InChI is InChI=1S/C22H28O11/c1-12(22(29)8-17(25)32-11-22)9-31-21-20(28)19(27)18(26)15(33-21)10-30-16(24)7-4-13-2-5-14(23)6-3-13/h2-7,12,15,18-21,23,26-29H,8-11H2,1H3/b7-4+/t12-,15+,18+,19-,20+,21+,22+/m0/s1. The molecule has 1 aromatic carbocycles. The number of cyclic esters (lactones) is 1. The van der Waals surface area contributed by atoms with Gasteiger partial charge in [-0.2, -0.15) is 0 Å². The Morgan fingerprint density at radius 2 is 1.91 bits per heavy atom. The number of phenols is 1. The molecule has 0 saturated carbocycles. The van der Waals surface area contributed by atoms with E-state index < -0.39 is 60.8 Å². The average molecular weight is 468 g/mol. The largest absolute Gasteiger partial charge is 0.508 e. The summed E-state index contributed by atoms with van der Waals surface area (Å²) >= 11 is 0. The fourth-order valence-electron chi connectivity index (χ4n) is 3.42. The number of benzene rings is 1. The summed E-state index contributed by atoms with van der Waals surface area (Å²) in [6, 6.07) is 6.11. The van der Waals surface area contributed by atoms with E-state index in [9.17, 15) is 35.1 Å². The Morgan fingerprint density at radius 3 is 2.55 bits per heavy atom. The number of aliphatic hydroxyl groups excluding tert-OH is 3. The molecule has 2 aliphatic heterocycles. The zero-order valence-electron chi connectivity index (χ0n) is 17.9. The normalized spacial score (nSPS) is 33.1. The Morgan fingerprint density at radius 1 is 1.21 bits per heavy atom. The number of aliphatic hydroxyl groups is 4. The second kappa shape index (κ2) is 10.6. The van der Waals surface area contributed by atoms with Crippen LogP contribution in [0.1, 0.15) is 18.9 Å². The molecule has 1 aromatic rings. The highest BCUT2D eigenvalue weighted by Gasteiger charge is 2.47. The second-order valence-electron chi connectivity index (χ2n) is 8.25. The van der Waals surface area contributed by atoms with Crippen LogP contribution in [0.15, 0.2) is 30.3 Å². The second-order valence-corrected chi connectivity index (χ2v) is 8.25. The minimum absolute atomic E-state index is 0.0873. The van der Waals surface area contributed by atoms with Gasteiger partial charge in [-0.3, -0.25) is 4.79 Å². The van der Waals surface area contributed by atoms with Crippen molar-refractivity contribution in [2.75, 3.05) is 19.8 Å². The third kappa shape index (κ3) is 6.28. The van der Waals surface area contributed by atoms with Gasteiger partial charge in [0.15, 0.2) is 6.29 Å². The van der Waals surface area contributed by atoms with Crippen LogP contribution in [0.3, 0.4) is 0 Å². The summed E-state index contributed by atoms with van der Waals surface area (Å²) < 4.78 is 20.8. The van der Waals surface area contributed by atoms with Crippen LogP contribution in [0.4, 0.5) is 0 Å². The molecule has 0 unspecified atom stereocenters. The number of ether oxygens (including phenoxy) is 4. The molecule has 0 amide bonds. The van der Waals surface area contributed by atoms with Crippen LogP contribution in [0.25, 0.3) is 6.08 Å². The van der Waals surface area contributed by atoms with E-state index in [0.29, 0.717) is 5.56 Å². The Balaban J connectivity index is 1.52. The number of esters is 2. The molecule has 0 aromatic heterocycles. The van der Waals surface area contributed by atoms with Gasteiger partial charge in [-0.25, -0.2) is 4.79 Å². The fourth-order valence-corrected chi connectivity index (χ4v) is 3.42. The van der Waals surface area contributed by atoms with Crippen molar-refractivity contribution in [1.82, 2.24) is 0 Å². The molecule has 3 rings (SSSR count). The maximum absolute atomic E-state index is 12.0. The number of carbonyl (C=O) groups excluding carboxylic acids is 2. The van der Waals surface area contributed by atoms with Crippen molar-refractivity contribution in [3.8, 4) is 5.75 Å². The van der Waals surface area contributed by atoms with Crippen molar-refractivity contribution in [2.24, 2.45) is 5.92 Å². The van der Waals surface area contributed by atoms with Gasteiger partial charge < -0.3 is 44.5 Å². The quantitative estimate of drug-likeness (QED) is 0.236. The Kier molecular flexibility index (Phi) is 8.05. The highest BCUT2D eigenvalue weighted by atomic mass is 16.7. The summed E-state index contributed by atoms with van der Waals surface area (Å²) in [5.41, 5.74) is -0.774. The first-order valence-electron chi connectivity index (χ1n) is 10.4. The van der Waals surface area contributed by atoms with Gasteiger partial charge in [-0.1, -0.05) is 19.1 Å². The van der Waals surface area contributed by atoms with Crippen LogP contribution >= 0.6 is 0 Å². The van der Waals surface area contributed by atoms with Crippen LogP contribution < -0.4 is 0 Å². The number of phenolic OH excluding ortho intramolecular Hbond substituents is 1. The molecule has 11 heteroatoms. The monoisotopic (exact) mass is 468 g/mol. The number of carbonyl (C=O) groups is 2. The third-order valence-corrected chi connectivity index (χ3v) is 5.72. The van der Waals surface area contributed by atoms with Crippen molar-refractivity contribution in [3.05, 3.63) is 35.9 Å². The van der Waals surface area contributed by atoms with E-state index in [1.54, 1.807) is 19.1 Å². The van der Waals surface area contributed by atoms with Crippen molar-refractivity contribution in [2.45, 2.75) is 49.7 Å². The van der Waals surface area contributed by atoms with Gasteiger partial charge in [0.2, 0.25) is 0 Å². The molecule has 33 heavy (non-hydrogen) atoms. The summed E-state index contributed by atoms with van der Waals surface area (Å²) in [5, 5.41) is 50.2. The molecule has 0 bridgehead atoms. The van der Waals surface area contributed by atoms with Crippen LogP contribution in [0.2, 0.25) is 0 Å². The van der Waals surface area contributed by atoms with Crippen molar-refractivity contribution < 1.29 is 54.1 Å². The van der Waals surface area contributed by atoms with Crippen LogP contribution in [-0.4, -0.2) is 93.6 Å². The lowest BCUT2D eigenvalue weighted by Gasteiger charge is -2.40. The molecule has 7 atom stereocenters. The summed E-state index contributed by atoms with van der Waals surface area (Å²) in [4.78, 5) is 23.3. The molecule has 0 aliphatic carbocycles. The molecule has 11 nitrogen and oxygen atoms in total. The lowest BCUT2D eigenvalue weighted by Crippen LogP contribution is -2.59. The zero-order chi connectivity index (χ0) is 24.2. The summed E-state index contributed by atoms with van der Waals surface area (Å²) in [6.07, 6.45) is -4.90. The molecule has 2 saturated heterocycles. The van der Waals surface area contributed by atoms with Crippen molar-refractivity contribution in [1.29, 1.82) is 0 Å². The van der Waals surface area contributed by atoms with E-state index in [1.165, 1.54) is 18.2 Å². The lowest BCUT2D eigenvalue weighted by atomic mass is 9.88. The topological polar surface area (TPSA) is 172 Å². The van der Waals surface area contributed by atoms with Gasteiger partial charge >= 0.3 is 11.9 Å². The molecule has 0 spiro atoms. The Labute approximate surface area is 189 Å². The molecule has 2 fully saturated rings. The van der Waals surface area contributed by atoms with Gasteiger partial charge in [0, 0.05) is 12.0 Å². The first-order valence-corrected chi connectivity index (χ1v) is 10.4. The number of rotatable bonds is 8. The lowest BCUT2D eigenvalue weighted by molar-refractivity contribution is -0.305. The molecule has 182 valence electrons. The number of aromatic hydroxyl groups is 1. The molecule has 0 radical (unpaired) electrons. The molecule has 5 N–H and O–H groups in total. The highest BCUT2D eigenvalue weighted by Crippen LogP contribution is 2.30. The smallest absolute Gasteiger partial charge is 0.330 e. The van der Waals surface area contributed by atoms with Gasteiger partial charge in [0.05, 0.1) is 13.0 Å². The van der Waals surface area contributed by atoms with Crippen LogP contribution in [0.5, 0.6) is 5.75 Å². The first kappa shape index (κ1) is 25.1. The minimum Gasteiger partial charge on any atom is -0.508 e. The molecule has 2 heterocycles. The maximum Gasteiger partial charge on any atom is 0.330 e. The van der Waals surface area contributed by atoms with Crippen molar-refractivity contribution >= 4 is 18.0 Å². The van der Waals surface area contributed by atoms with Gasteiger partial charge in [-0.05, 0) is 23.8 Å². The number of hydrogen-bond acceptors (Lipinski definition) is 11. The predicted octanol–water partition coefficient (Wildman–Crippen LogP) is -0.913. The summed E-state index contributed by atoms with van der Waals surface area (Å²) in [7, 11) is 0. The van der Waals surface area contributed by atoms with Gasteiger partial charge in [0.25, 0.3) is 0 Å². The van der Waals surface area contributed by atoms with Gasteiger partial charge in [0.1, 0.15) is 49.0 Å². The SMILES string of the molecule is C[C@@H](CO[C@@H]1O[C@H](COC(=O)/C=C/c2ccc(O)cc2)[C@@H](O)[C@H](O)[C@H]1O)[C@]1(O)COC(=O)C1. The third-order valence-electron chi connectivity index (χ3n) is 5.72. The first-order chi connectivity index (χ1) is 15.6. The van der Waals surface area contributed by atoms with E-state index in [-0.39, 0.29) is 25.4 Å². The minimum atomic E-state index is -1.63. The zero-order valence-corrected chi connectivity index (χ0v) is 17.9. The highest BCUT2D eigenvalue weighted by molar-refractivity contribution is 5.87. The molecule has 2 aliphatic rings.